The summed E-state index contributed by atoms with van der Waals surface area (Å²) in [5.74, 6) is 0.810. The number of carbonyl (C=O) groups excluding carboxylic acids is 1. The molecule has 0 unspecified atom stereocenters. The maximum Gasteiger partial charge on any atom is 0.240 e. The van der Waals surface area contributed by atoms with Gasteiger partial charge in [0.2, 0.25) is 5.91 Å². The Morgan fingerprint density at radius 3 is 3.00 bits per heavy atom. The summed E-state index contributed by atoms with van der Waals surface area (Å²) >= 11 is 0. The van der Waals surface area contributed by atoms with E-state index in [9.17, 15) is 4.79 Å². The van der Waals surface area contributed by atoms with Crippen molar-refractivity contribution in [2.24, 2.45) is 5.92 Å². The molecule has 1 saturated heterocycles. The largest absolute Gasteiger partial charge is 0.316 e. The van der Waals surface area contributed by atoms with Crippen LogP contribution >= 0.6 is 0 Å². The molecule has 1 aliphatic heterocycles. The van der Waals surface area contributed by atoms with E-state index in [2.05, 4.69) is 28.0 Å². The normalized spacial score (nSPS) is 22.2. The molecule has 0 spiro atoms. The summed E-state index contributed by atoms with van der Waals surface area (Å²) in [5, 5.41) is 4.20. The minimum absolute atomic E-state index is 0.257. The van der Waals surface area contributed by atoms with E-state index in [4.69, 9.17) is 0 Å². The lowest BCUT2D eigenvalue weighted by atomic mass is 9.98. The SMILES string of the molecule is CCN(C(=O)CN1CCC[C@H](Cn2cncn2)C1)C1=CCCCC1. The number of likely N-dealkylation sites (N-methyl/N-ethyl adjacent to an activating group) is 1. The second kappa shape index (κ2) is 8.42. The summed E-state index contributed by atoms with van der Waals surface area (Å²) in [6, 6.07) is 0. The first-order valence-corrected chi connectivity index (χ1v) is 9.30. The smallest absolute Gasteiger partial charge is 0.240 e. The van der Waals surface area contributed by atoms with Crippen LogP contribution in [0.25, 0.3) is 0 Å². The molecule has 1 aliphatic carbocycles. The molecule has 2 heterocycles. The molecule has 1 fully saturated rings. The molecule has 0 bridgehead atoms. The van der Waals surface area contributed by atoms with E-state index in [0.717, 1.165) is 45.4 Å². The molecule has 0 aromatic carbocycles. The van der Waals surface area contributed by atoms with Crippen molar-refractivity contribution in [1.82, 2.24) is 24.6 Å². The van der Waals surface area contributed by atoms with Crippen LogP contribution in [0, 0.1) is 5.92 Å². The number of hydrogen-bond donors (Lipinski definition) is 0. The Hall–Kier alpha value is -1.69. The minimum Gasteiger partial charge on any atom is -0.316 e. The van der Waals surface area contributed by atoms with Crippen molar-refractivity contribution in [2.45, 2.75) is 52.0 Å². The highest BCUT2D eigenvalue weighted by atomic mass is 16.2. The van der Waals surface area contributed by atoms with E-state index >= 15 is 0 Å². The van der Waals surface area contributed by atoms with Gasteiger partial charge in [0.25, 0.3) is 0 Å². The molecule has 6 nitrogen and oxygen atoms in total. The summed E-state index contributed by atoms with van der Waals surface area (Å²) in [7, 11) is 0. The molecule has 0 N–H and O–H groups in total. The molecule has 0 saturated carbocycles. The van der Waals surface area contributed by atoms with E-state index < -0.39 is 0 Å². The number of likely N-dealkylation sites (tertiary alicyclic amines) is 1. The Balaban J connectivity index is 1.53. The van der Waals surface area contributed by atoms with Crippen molar-refractivity contribution in [2.75, 3.05) is 26.2 Å². The van der Waals surface area contributed by atoms with Gasteiger partial charge in [0, 0.05) is 25.3 Å². The number of aromatic nitrogens is 3. The third kappa shape index (κ3) is 4.44. The Bertz CT molecular complexity index is 554. The highest BCUT2D eigenvalue weighted by molar-refractivity contribution is 5.80. The Kier molecular flexibility index (Phi) is 6.01. The quantitative estimate of drug-likeness (QED) is 0.802. The lowest BCUT2D eigenvalue weighted by Crippen LogP contribution is -2.44. The zero-order valence-electron chi connectivity index (χ0n) is 14.7. The summed E-state index contributed by atoms with van der Waals surface area (Å²) in [4.78, 5) is 21.1. The fraction of sp³-hybridized carbons (Fsp3) is 0.722. The minimum atomic E-state index is 0.257. The van der Waals surface area contributed by atoms with E-state index in [1.54, 1.807) is 12.7 Å². The Morgan fingerprint density at radius 2 is 2.29 bits per heavy atom. The van der Waals surface area contributed by atoms with Crippen molar-refractivity contribution >= 4 is 5.91 Å². The summed E-state index contributed by atoms with van der Waals surface area (Å²) in [5.41, 5.74) is 1.24. The average Bonchev–Trinajstić information content (AvgIpc) is 3.10. The van der Waals surface area contributed by atoms with Crippen molar-refractivity contribution in [3.8, 4) is 0 Å². The fourth-order valence-corrected chi connectivity index (χ4v) is 3.92. The second-order valence-corrected chi connectivity index (χ2v) is 6.94. The Morgan fingerprint density at radius 1 is 1.38 bits per heavy atom. The molecule has 6 heteroatoms. The third-order valence-electron chi connectivity index (χ3n) is 5.10. The van der Waals surface area contributed by atoms with Crippen LogP contribution in [0.2, 0.25) is 0 Å². The number of carbonyl (C=O) groups is 1. The summed E-state index contributed by atoms with van der Waals surface area (Å²) < 4.78 is 1.90. The number of nitrogens with zero attached hydrogens (tertiary/aromatic N) is 5. The number of rotatable bonds is 6. The van der Waals surface area contributed by atoms with Gasteiger partial charge in [0.05, 0.1) is 6.54 Å². The standard InChI is InChI=1S/C18H29N5O/c1-2-23(17-8-4-3-5-9-17)18(24)13-21-10-6-7-16(11-21)12-22-15-19-14-20-22/h8,14-16H,2-7,9-13H2,1H3/t16-/m0/s1. The zero-order chi connectivity index (χ0) is 16.8. The van der Waals surface area contributed by atoms with Crippen LogP contribution in [-0.2, 0) is 11.3 Å². The van der Waals surface area contributed by atoms with Gasteiger partial charge in [0.1, 0.15) is 12.7 Å². The molecule has 1 aromatic rings. The molecule has 2 aliphatic rings. The van der Waals surface area contributed by atoms with Gasteiger partial charge in [-0.05, 0) is 57.9 Å². The molecular formula is C18H29N5O. The van der Waals surface area contributed by atoms with Gasteiger partial charge >= 0.3 is 0 Å². The Labute approximate surface area is 144 Å². The van der Waals surface area contributed by atoms with Crippen LogP contribution < -0.4 is 0 Å². The maximum atomic E-state index is 12.8. The number of allylic oxidation sites excluding steroid dienone is 2. The monoisotopic (exact) mass is 331 g/mol. The van der Waals surface area contributed by atoms with Crippen LogP contribution in [0.4, 0.5) is 0 Å². The highest BCUT2D eigenvalue weighted by Crippen LogP contribution is 2.22. The zero-order valence-corrected chi connectivity index (χ0v) is 14.7. The molecule has 132 valence electrons. The molecule has 1 aromatic heterocycles. The molecule has 1 amide bonds. The van der Waals surface area contributed by atoms with E-state index in [1.165, 1.54) is 25.0 Å². The first kappa shape index (κ1) is 17.1. The van der Waals surface area contributed by atoms with E-state index in [1.807, 2.05) is 9.58 Å². The van der Waals surface area contributed by atoms with Crippen molar-refractivity contribution < 1.29 is 4.79 Å². The van der Waals surface area contributed by atoms with Crippen molar-refractivity contribution in [3.63, 3.8) is 0 Å². The molecule has 24 heavy (non-hydrogen) atoms. The van der Waals surface area contributed by atoms with Crippen LogP contribution in [0.5, 0.6) is 0 Å². The van der Waals surface area contributed by atoms with Gasteiger partial charge in [0.15, 0.2) is 0 Å². The summed E-state index contributed by atoms with van der Waals surface area (Å²) in [6.07, 6.45) is 12.6. The predicted octanol–water partition coefficient (Wildman–Crippen LogP) is 2.30. The van der Waals surface area contributed by atoms with Gasteiger partial charge in [-0.15, -0.1) is 0 Å². The van der Waals surface area contributed by atoms with Crippen LogP contribution in [0.3, 0.4) is 0 Å². The van der Waals surface area contributed by atoms with Crippen LogP contribution in [0.15, 0.2) is 24.4 Å². The maximum absolute atomic E-state index is 12.8. The van der Waals surface area contributed by atoms with Gasteiger partial charge < -0.3 is 4.90 Å². The van der Waals surface area contributed by atoms with Crippen molar-refractivity contribution in [1.29, 1.82) is 0 Å². The van der Waals surface area contributed by atoms with Gasteiger partial charge in [-0.1, -0.05) is 6.08 Å². The fourth-order valence-electron chi connectivity index (χ4n) is 3.92. The topological polar surface area (TPSA) is 54.3 Å². The third-order valence-corrected chi connectivity index (χ3v) is 5.10. The number of amides is 1. The van der Waals surface area contributed by atoms with Gasteiger partial charge in [-0.25, -0.2) is 4.98 Å². The molecule has 3 rings (SSSR count). The lowest BCUT2D eigenvalue weighted by Gasteiger charge is -2.34. The average molecular weight is 331 g/mol. The lowest BCUT2D eigenvalue weighted by molar-refractivity contribution is -0.131. The highest BCUT2D eigenvalue weighted by Gasteiger charge is 2.25. The van der Waals surface area contributed by atoms with Crippen LogP contribution in [0.1, 0.15) is 45.4 Å². The van der Waals surface area contributed by atoms with Gasteiger partial charge in [-0.3, -0.25) is 14.4 Å². The van der Waals surface area contributed by atoms with E-state index in [0.29, 0.717) is 12.5 Å². The van der Waals surface area contributed by atoms with E-state index in [-0.39, 0.29) is 5.91 Å². The molecular weight excluding hydrogens is 302 g/mol. The van der Waals surface area contributed by atoms with Crippen LogP contribution in [-0.4, -0.2) is 56.7 Å². The number of hydrogen-bond acceptors (Lipinski definition) is 4. The predicted molar refractivity (Wildman–Crippen MR) is 93.1 cm³/mol. The first-order valence-electron chi connectivity index (χ1n) is 9.30. The second-order valence-electron chi connectivity index (χ2n) is 6.94. The van der Waals surface area contributed by atoms with Gasteiger partial charge in [-0.2, -0.15) is 5.10 Å². The number of piperidine rings is 1. The molecule has 0 radical (unpaired) electrons. The molecule has 1 atom stereocenters. The van der Waals surface area contributed by atoms with Crippen molar-refractivity contribution in [3.05, 3.63) is 24.4 Å². The summed E-state index contributed by atoms with van der Waals surface area (Å²) in [6.45, 7) is 6.29. The first-order chi connectivity index (χ1) is 11.8.